The van der Waals surface area contributed by atoms with E-state index >= 15 is 0 Å². The predicted molar refractivity (Wildman–Crippen MR) is 60.3 cm³/mol. The molecule has 0 aliphatic carbocycles. The van der Waals surface area contributed by atoms with Crippen LogP contribution >= 0.6 is 22.6 Å². The molecule has 0 amide bonds. The van der Waals surface area contributed by atoms with E-state index in [9.17, 15) is 0 Å². The first-order valence-corrected chi connectivity index (χ1v) is 5.53. The molecule has 0 unspecified atom stereocenters. The van der Waals surface area contributed by atoms with Crippen molar-refractivity contribution in [3.05, 3.63) is 29.3 Å². The van der Waals surface area contributed by atoms with Gasteiger partial charge in [0.15, 0.2) is 0 Å². The third kappa shape index (κ3) is 2.37. The second-order valence-electron chi connectivity index (χ2n) is 2.76. The fraction of sp³-hybridized carbons (Fsp3) is 0.400. The summed E-state index contributed by atoms with van der Waals surface area (Å²) in [6.07, 6.45) is 0. The molecule has 0 saturated heterocycles. The van der Waals surface area contributed by atoms with Gasteiger partial charge in [-0.2, -0.15) is 0 Å². The number of hydrogen-bond acceptors (Lipinski definition) is 1. The first kappa shape index (κ1) is 9.84. The summed E-state index contributed by atoms with van der Waals surface area (Å²) >= 11 is 2.31. The zero-order valence-electron chi connectivity index (χ0n) is 7.43. The van der Waals surface area contributed by atoms with Crippen molar-refractivity contribution < 1.29 is 4.74 Å². The van der Waals surface area contributed by atoms with Crippen molar-refractivity contribution in [2.75, 3.05) is 11.0 Å². The van der Waals surface area contributed by atoms with Crippen molar-refractivity contribution in [1.82, 2.24) is 0 Å². The monoisotopic (exact) mass is 276 g/mol. The van der Waals surface area contributed by atoms with Gasteiger partial charge in [-0.05, 0) is 25.0 Å². The summed E-state index contributed by atoms with van der Waals surface area (Å²) in [5.41, 5.74) is 2.44. The highest BCUT2D eigenvalue weighted by Gasteiger charge is 2.01. The summed E-state index contributed by atoms with van der Waals surface area (Å²) in [6.45, 7) is 4.96. The summed E-state index contributed by atoms with van der Waals surface area (Å²) in [6, 6.07) is 6.21. The minimum atomic E-state index is 0.798. The lowest BCUT2D eigenvalue weighted by Crippen LogP contribution is -2.00. The van der Waals surface area contributed by atoms with E-state index in [2.05, 4.69) is 54.6 Å². The van der Waals surface area contributed by atoms with Crippen LogP contribution in [0.1, 0.15) is 11.1 Å². The average molecular weight is 276 g/mol. The maximum atomic E-state index is 5.61. The van der Waals surface area contributed by atoms with Crippen LogP contribution in [0.2, 0.25) is 0 Å². The predicted octanol–water partition coefficient (Wildman–Crippen LogP) is 3.12. The number of alkyl halides is 1. The van der Waals surface area contributed by atoms with Gasteiger partial charge >= 0.3 is 0 Å². The third-order valence-corrected chi connectivity index (χ3v) is 2.17. The van der Waals surface area contributed by atoms with Crippen LogP contribution in [0.15, 0.2) is 18.2 Å². The van der Waals surface area contributed by atoms with Gasteiger partial charge in [0.1, 0.15) is 5.75 Å². The quantitative estimate of drug-likeness (QED) is 0.609. The van der Waals surface area contributed by atoms with Crippen LogP contribution in [0.3, 0.4) is 0 Å². The first-order chi connectivity index (χ1) is 5.75. The van der Waals surface area contributed by atoms with Crippen LogP contribution in [0, 0.1) is 13.8 Å². The van der Waals surface area contributed by atoms with E-state index in [0.717, 1.165) is 16.8 Å². The second kappa shape index (κ2) is 4.70. The molecule has 1 nitrogen and oxygen atoms in total. The fourth-order valence-electron chi connectivity index (χ4n) is 1.17. The molecule has 0 heterocycles. The Balaban J connectivity index is 2.81. The molecule has 0 aliphatic rings. The summed E-state index contributed by atoms with van der Waals surface area (Å²) in [5, 5.41) is 0. The van der Waals surface area contributed by atoms with Gasteiger partial charge < -0.3 is 4.74 Å². The van der Waals surface area contributed by atoms with E-state index < -0.39 is 0 Å². The van der Waals surface area contributed by atoms with Gasteiger partial charge in [0.2, 0.25) is 0 Å². The molecule has 1 rings (SSSR count). The Kier molecular flexibility index (Phi) is 3.85. The minimum Gasteiger partial charge on any atom is -0.492 e. The molecule has 1 aromatic rings. The largest absolute Gasteiger partial charge is 0.492 e. The number of para-hydroxylation sites is 1. The van der Waals surface area contributed by atoms with Crippen molar-refractivity contribution in [3.8, 4) is 5.75 Å². The fourth-order valence-corrected chi connectivity index (χ4v) is 1.39. The maximum Gasteiger partial charge on any atom is 0.125 e. The highest BCUT2D eigenvalue weighted by molar-refractivity contribution is 14.1. The summed E-state index contributed by atoms with van der Waals surface area (Å²) in [4.78, 5) is 0. The Morgan fingerprint density at radius 3 is 2.33 bits per heavy atom. The molecule has 0 spiro atoms. The van der Waals surface area contributed by atoms with Crippen molar-refractivity contribution >= 4 is 22.6 Å². The molecule has 0 aromatic heterocycles. The van der Waals surface area contributed by atoms with Gasteiger partial charge in [0.05, 0.1) is 6.61 Å². The molecule has 0 bridgehead atoms. The number of halogens is 1. The molecule has 0 fully saturated rings. The van der Waals surface area contributed by atoms with Crippen molar-refractivity contribution in [1.29, 1.82) is 0 Å². The lowest BCUT2D eigenvalue weighted by Gasteiger charge is -2.09. The molecule has 0 N–H and O–H groups in total. The van der Waals surface area contributed by atoms with Crippen LogP contribution < -0.4 is 4.74 Å². The van der Waals surface area contributed by atoms with E-state index in [4.69, 9.17) is 4.74 Å². The Labute approximate surface area is 87.3 Å². The van der Waals surface area contributed by atoms with Gasteiger partial charge in [-0.1, -0.05) is 40.8 Å². The number of ether oxygens (including phenoxy) is 1. The van der Waals surface area contributed by atoms with E-state index in [0.29, 0.717) is 0 Å². The number of hydrogen-bond donors (Lipinski definition) is 0. The minimum absolute atomic E-state index is 0.798. The van der Waals surface area contributed by atoms with Crippen LogP contribution in [0.25, 0.3) is 0 Å². The normalized spacial score (nSPS) is 9.92. The summed E-state index contributed by atoms with van der Waals surface area (Å²) in [7, 11) is 0. The van der Waals surface area contributed by atoms with Crippen molar-refractivity contribution in [3.63, 3.8) is 0 Å². The molecule has 0 saturated carbocycles. The second-order valence-corrected chi connectivity index (χ2v) is 3.84. The van der Waals surface area contributed by atoms with Crippen LogP contribution in [0.4, 0.5) is 0 Å². The Morgan fingerprint density at radius 1 is 1.25 bits per heavy atom. The standard InChI is InChI=1S/C10H13IO/c1-8-4-3-5-9(2)10(8)12-7-6-11/h3-5H,6-7H2,1-2H3. The Morgan fingerprint density at radius 2 is 1.83 bits per heavy atom. The molecular formula is C10H13IO. The molecule has 12 heavy (non-hydrogen) atoms. The smallest absolute Gasteiger partial charge is 0.125 e. The Hall–Kier alpha value is -0.250. The number of aryl methyl sites for hydroxylation is 2. The molecule has 0 aliphatic heterocycles. The molecule has 1 aromatic carbocycles. The number of benzene rings is 1. The van der Waals surface area contributed by atoms with Crippen LogP contribution in [-0.4, -0.2) is 11.0 Å². The SMILES string of the molecule is Cc1cccc(C)c1OCCI. The van der Waals surface area contributed by atoms with Gasteiger partial charge in [0.25, 0.3) is 0 Å². The molecule has 2 heteroatoms. The molecule has 0 radical (unpaired) electrons. The highest BCUT2D eigenvalue weighted by atomic mass is 127. The lowest BCUT2D eigenvalue weighted by molar-refractivity contribution is 0.341. The van der Waals surface area contributed by atoms with E-state index in [1.807, 2.05) is 0 Å². The average Bonchev–Trinajstić information content (AvgIpc) is 2.04. The van der Waals surface area contributed by atoms with Gasteiger partial charge in [-0.3, -0.25) is 0 Å². The van der Waals surface area contributed by atoms with Gasteiger partial charge in [-0.25, -0.2) is 0 Å². The number of rotatable bonds is 3. The maximum absolute atomic E-state index is 5.61. The highest BCUT2D eigenvalue weighted by Crippen LogP contribution is 2.22. The zero-order valence-corrected chi connectivity index (χ0v) is 9.59. The first-order valence-electron chi connectivity index (χ1n) is 4.00. The van der Waals surface area contributed by atoms with Crippen molar-refractivity contribution in [2.45, 2.75) is 13.8 Å². The van der Waals surface area contributed by atoms with E-state index in [-0.39, 0.29) is 0 Å². The molecular weight excluding hydrogens is 263 g/mol. The van der Waals surface area contributed by atoms with Gasteiger partial charge in [0, 0.05) is 4.43 Å². The molecule has 66 valence electrons. The van der Waals surface area contributed by atoms with Crippen LogP contribution in [0.5, 0.6) is 5.75 Å². The Bertz CT molecular complexity index is 238. The summed E-state index contributed by atoms with van der Waals surface area (Å²) < 4.78 is 6.64. The van der Waals surface area contributed by atoms with Crippen LogP contribution in [-0.2, 0) is 0 Å². The summed E-state index contributed by atoms with van der Waals surface area (Å²) in [5.74, 6) is 1.05. The lowest BCUT2D eigenvalue weighted by atomic mass is 10.1. The van der Waals surface area contributed by atoms with Crippen molar-refractivity contribution in [2.24, 2.45) is 0 Å². The topological polar surface area (TPSA) is 9.23 Å². The van der Waals surface area contributed by atoms with E-state index in [1.54, 1.807) is 0 Å². The van der Waals surface area contributed by atoms with Gasteiger partial charge in [-0.15, -0.1) is 0 Å². The molecule has 0 atom stereocenters. The zero-order chi connectivity index (χ0) is 8.97. The van der Waals surface area contributed by atoms with E-state index in [1.165, 1.54) is 11.1 Å². The third-order valence-electron chi connectivity index (χ3n) is 1.73.